The summed E-state index contributed by atoms with van der Waals surface area (Å²) in [4.78, 5) is 7.49. The molecule has 1 saturated heterocycles. The molecule has 2 aromatic rings. The van der Waals surface area contributed by atoms with Gasteiger partial charge < -0.3 is 10.6 Å². The number of halogens is 1. The van der Waals surface area contributed by atoms with Gasteiger partial charge in [0.2, 0.25) is 0 Å². The van der Waals surface area contributed by atoms with Gasteiger partial charge in [-0.15, -0.1) is 24.0 Å². The lowest BCUT2D eigenvalue weighted by Gasteiger charge is -2.21. The largest absolute Gasteiger partial charge is 0.357 e. The molecular formula is C24H39IN6. The topological polar surface area (TPSA) is 57.5 Å². The van der Waals surface area contributed by atoms with E-state index >= 15 is 0 Å². The number of rotatable bonds is 7. The summed E-state index contributed by atoms with van der Waals surface area (Å²) in [5.74, 6) is 0.852. The highest BCUT2D eigenvalue weighted by atomic mass is 127. The quantitative estimate of drug-likeness (QED) is 0.314. The average molecular weight is 539 g/mol. The third kappa shape index (κ3) is 7.49. The second kappa shape index (κ2) is 13.1. The lowest BCUT2D eigenvalue weighted by Crippen LogP contribution is -2.37. The molecule has 1 aliphatic rings. The number of likely N-dealkylation sites (tertiary alicyclic amines) is 1. The van der Waals surface area contributed by atoms with Crippen molar-refractivity contribution in [2.45, 2.75) is 66.1 Å². The summed E-state index contributed by atoms with van der Waals surface area (Å²) >= 11 is 0. The monoisotopic (exact) mass is 538 g/mol. The zero-order valence-corrected chi connectivity index (χ0v) is 21.9. The van der Waals surface area contributed by atoms with Crippen molar-refractivity contribution < 1.29 is 0 Å². The van der Waals surface area contributed by atoms with Gasteiger partial charge in [0.05, 0.1) is 12.2 Å². The number of aryl methyl sites for hydroxylation is 2. The summed E-state index contributed by atoms with van der Waals surface area (Å²) in [6.07, 6.45) is 5.38. The van der Waals surface area contributed by atoms with Crippen molar-refractivity contribution in [3.05, 3.63) is 52.3 Å². The predicted molar refractivity (Wildman–Crippen MR) is 140 cm³/mol. The smallest absolute Gasteiger partial charge is 0.191 e. The molecule has 6 nitrogen and oxygen atoms in total. The Morgan fingerprint density at radius 3 is 2.32 bits per heavy atom. The zero-order valence-electron chi connectivity index (χ0n) is 19.6. The van der Waals surface area contributed by atoms with Crippen LogP contribution in [0.25, 0.3) is 0 Å². The minimum atomic E-state index is 0. The van der Waals surface area contributed by atoms with Crippen molar-refractivity contribution in [1.29, 1.82) is 0 Å². The molecule has 0 bridgehead atoms. The van der Waals surface area contributed by atoms with E-state index in [0.717, 1.165) is 31.3 Å². The first kappa shape index (κ1) is 25.6. The Morgan fingerprint density at radius 1 is 1.03 bits per heavy atom. The number of nitrogens with zero attached hydrogens (tertiary/aromatic N) is 4. The lowest BCUT2D eigenvalue weighted by molar-refractivity contribution is 0.276. The Hall–Kier alpha value is -1.61. The Bertz CT molecular complexity index is 837. The number of guanidine groups is 1. The number of aromatic nitrogens is 2. The van der Waals surface area contributed by atoms with Crippen molar-refractivity contribution in [2.24, 2.45) is 12.0 Å². The van der Waals surface area contributed by atoms with Crippen LogP contribution >= 0.6 is 24.0 Å². The van der Waals surface area contributed by atoms with Gasteiger partial charge >= 0.3 is 0 Å². The number of hydrogen-bond acceptors (Lipinski definition) is 3. The molecule has 0 saturated carbocycles. The van der Waals surface area contributed by atoms with Crippen molar-refractivity contribution in [1.82, 2.24) is 25.3 Å². The van der Waals surface area contributed by atoms with E-state index < -0.39 is 0 Å². The zero-order chi connectivity index (χ0) is 21.3. The molecule has 0 amide bonds. The summed E-state index contributed by atoms with van der Waals surface area (Å²) in [7, 11) is 1.99. The van der Waals surface area contributed by atoms with Gasteiger partial charge in [0.1, 0.15) is 0 Å². The van der Waals surface area contributed by atoms with Crippen LogP contribution in [0.4, 0.5) is 0 Å². The highest BCUT2D eigenvalue weighted by Gasteiger charge is 2.12. The van der Waals surface area contributed by atoms with E-state index in [2.05, 4.69) is 65.7 Å². The van der Waals surface area contributed by atoms with Gasteiger partial charge in [-0.25, -0.2) is 4.99 Å². The van der Waals surface area contributed by atoms with Crippen LogP contribution in [0.3, 0.4) is 0 Å². The fourth-order valence-electron chi connectivity index (χ4n) is 4.15. The Morgan fingerprint density at radius 2 is 1.71 bits per heavy atom. The fourth-order valence-corrected chi connectivity index (χ4v) is 4.15. The summed E-state index contributed by atoms with van der Waals surface area (Å²) in [6.45, 7) is 12.0. The van der Waals surface area contributed by atoms with Gasteiger partial charge in [0, 0.05) is 37.9 Å². The molecule has 1 aromatic heterocycles. The van der Waals surface area contributed by atoms with E-state index in [1.165, 1.54) is 61.2 Å². The average Bonchev–Trinajstić information content (AvgIpc) is 2.91. The van der Waals surface area contributed by atoms with Crippen LogP contribution in [-0.2, 0) is 26.7 Å². The lowest BCUT2D eigenvalue weighted by atomic mass is 10.1. The van der Waals surface area contributed by atoms with Gasteiger partial charge in [-0.2, -0.15) is 5.10 Å². The van der Waals surface area contributed by atoms with Crippen LogP contribution in [-0.4, -0.2) is 40.3 Å². The van der Waals surface area contributed by atoms with Crippen molar-refractivity contribution in [3.8, 4) is 0 Å². The van der Waals surface area contributed by atoms with E-state index in [-0.39, 0.29) is 24.0 Å². The minimum Gasteiger partial charge on any atom is -0.357 e. The summed E-state index contributed by atoms with van der Waals surface area (Å²) in [5, 5.41) is 11.4. The third-order valence-corrected chi connectivity index (χ3v) is 6.05. The molecule has 1 fully saturated rings. The van der Waals surface area contributed by atoms with Gasteiger partial charge in [-0.3, -0.25) is 9.58 Å². The molecule has 1 aromatic carbocycles. The maximum atomic E-state index is 4.89. The van der Waals surface area contributed by atoms with E-state index in [1.807, 2.05) is 11.7 Å². The molecule has 2 heterocycles. The maximum absolute atomic E-state index is 4.89. The molecule has 3 rings (SSSR count). The highest BCUT2D eigenvalue weighted by molar-refractivity contribution is 14.0. The number of benzene rings is 1. The van der Waals surface area contributed by atoms with Crippen molar-refractivity contribution >= 4 is 29.9 Å². The van der Waals surface area contributed by atoms with E-state index in [0.29, 0.717) is 6.54 Å². The molecule has 0 spiro atoms. The molecule has 0 aliphatic carbocycles. The summed E-state index contributed by atoms with van der Waals surface area (Å²) in [6, 6.07) is 8.76. The Balaban J connectivity index is 0.00000341. The molecule has 0 radical (unpaired) electrons. The van der Waals surface area contributed by atoms with Crippen LogP contribution in [0.2, 0.25) is 0 Å². The van der Waals surface area contributed by atoms with Crippen LogP contribution in [0.15, 0.2) is 29.3 Å². The minimum absolute atomic E-state index is 0. The molecule has 7 heteroatoms. The summed E-state index contributed by atoms with van der Waals surface area (Å²) in [5.41, 5.74) is 6.22. The SMILES string of the molecule is CCNC(=NCc1ccccc1CN1CCCCCC1)NCc1c(C)nn(C)c1C.I. The Labute approximate surface area is 204 Å². The molecule has 0 atom stereocenters. The molecule has 172 valence electrons. The maximum Gasteiger partial charge on any atom is 0.191 e. The highest BCUT2D eigenvalue weighted by Crippen LogP contribution is 2.17. The van der Waals surface area contributed by atoms with Crippen LogP contribution < -0.4 is 10.6 Å². The van der Waals surface area contributed by atoms with Crippen LogP contribution in [0.5, 0.6) is 0 Å². The first-order valence-corrected chi connectivity index (χ1v) is 11.4. The fraction of sp³-hybridized carbons (Fsp3) is 0.583. The van der Waals surface area contributed by atoms with Crippen LogP contribution in [0, 0.1) is 13.8 Å². The summed E-state index contributed by atoms with van der Waals surface area (Å²) < 4.78 is 1.94. The van der Waals surface area contributed by atoms with Crippen molar-refractivity contribution in [2.75, 3.05) is 19.6 Å². The molecule has 1 aliphatic heterocycles. The van der Waals surface area contributed by atoms with E-state index in [1.54, 1.807) is 0 Å². The van der Waals surface area contributed by atoms with E-state index in [9.17, 15) is 0 Å². The number of hydrogen-bond donors (Lipinski definition) is 2. The standard InChI is InChI=1S/C24H38N6.HI/c1-5-25-24(27-17-23-19(2)28-29(4)20(23)3)26-16-21-12-8-9-13-22(21)18-30-14-10-6-7-11-15-30;/h8-9,12-13H,5-7,10-11,14-18H2,1-4H3,(H2,25,26,27);1H. The second-order valence-corrected chi connectivity index (χ2v) is 8.28. The van der Waals surface area contributed by atoms with Gasteiger partial charge in [-0.05, 0) is 57.8 Å². The normalized spacial score (nSPS) is 15.3. The molecule has 2 N–H and O–H groups in total. The van der Waals surface area contributed by atoms with Gasteiger partial charge in [0.25, 0.3) is 0 Å². The van der Waals surface area contributed by atoms with Crippen LogP contribution in [0.1, 0.15) is 60.7 Å². The van der Waals surface area contributed by atoms with Crippen molar-refractivity contribution in [3.63, 3.8) is 0 Å². The predicted octanol–water partition coefficient (Wildman–Crippen LogP) is 4.29. The number of aliphatic imine (C=N–C) groups is 1. The number of nitrogens with one attached hydrogen (secondary N) is 2. The van der Waals surface area contributed by atoms with E-state index in [4.69, 9.17) is 4.99 Å². The Kier molecular flexibility index (Phi) is 10.8. The first-order chi connectivity index (χ1) is 14.6. The van der Waals surface area contributed by atoms with Gasteiger partial charge in [-0.1, -0.05) is 37.1 Å². The molecule has 0 unspecified atom stereocenters. The third-order valence-electron chi connectivity index (χ3n) is 6.05. The first-order valence-electron chi connectivity index (χ1n) is 11.4. The second-order valence-electron chi connectivity index (χ2n) is 8.28. The van der Waals surface area contributed by atoms with Gasteiger partial charge in [0.15, 0.2) is 5.96 Å². The molecule has 31 heavy (non-hydrogen) atoms. The molecular weight excluding hydrogens is 499 g/mol.